The Bertz CT molecular complexity index is 1360. The van der Waals surface area contributed by atoms with Crippen molar-refractivity contribution in [2.24, 2.45) is 0 Å². The van der Waals surface area contributed by atoms with Gasteiger partial charge in [-0.15, -0.1) is 0 Å². The summed E-state index contributed by atoms with van der Waals surface area (Å²) in [4.78, 5) is 27.4. The molecule has 10 heteroatoms. The van der Waals surface area contributed by atoms with Gasteiger partial charge in [-0.2, -0.15) is 5.10 Å². The molecule has 0 aliphatic carbocycles. The third kappa shape index (κ3) is 7.02. The first-order valence-corrected chi connectivity index (χ1v) is 12.2. The second-order valence-electron chi connectivity index (χ2n) is 8.07. The van der Waals surface area contributed by atoms with E-state index >= 15 is 0 Å². The molecule has 8 nitrogen and oxygen atoms in total. The monoisotopic (exact) mass is 565 g/mol. The lowest BCUT2D eigenvalue weighted by Crippen LogP contribution is -2.42. The minimum Gasteiger partial charge on any atom is -0.383 e. The van der Waals surface area contributed by atoms with Gasteiger partial charge in [-0.25, -0.2) is 13.9 Å². The van der Waals surface area contributed by atoms with Crippen molar-refractivity contribution in [3.8, 4) is 16.9 Å². The van der Waals surface area contributed by atoms with E-state index in [0.29, 0.717) is 22.9 Å². The Hall–Kier alpha value is -4.02. The standard InChI is InChI=1S/C27H25BrFN5O3/c1-37-15-14-33(27(36)30-22-9-5-8-20(28)16-22)18-26(35)31-25-17-24(19-6-3-2-4-7-19)32-34(25)23-12-10-21(29)11-13-23/h2-13,16-17H,14-15,18H2,1H3,(H,30,36)(H,31,35). The van der Waals surface area contributed by atoms with Gasteiger partial charge in [0, 0.05) is 35.4 Å². The molecule has 0 atom stereocenters. The van der Waals surface area contributed by atoms with Crippen molar-refractivity contribution < 1.29 is 18.7 Å². The Labute approximate surface area is 222 Å². The number of halogens is 2. The third-order valence-corrected chi connectivity index (χ3v) is 5.87. The number of urea groups is 1. The first-order valence-electron chi connectivity index (χ1n) is 11.4. The fourth-order valence-electron chi connectivity index (χ4n) is 3.58. The molecule has 4 aromatic rings. The van der Waals surface area contributed by atoms with E-state index in [1.165, 1.54) is 28.8 Å². The molecule has 0 aliphatic rings. The van der Waals surface area contributed by atoms with Gasteiger partial charge in [0.25, 0.3) is 0 Å². The molecule has 2 N–H and O–H groups in total. The number of hydrogen-bond donors (Lipinski definition) is 2. The molecule has 0 aliphatic heterocycles. The van der Waals surface area contributed by atoms with E-state index in [2.05, 4.69) is 31.7 Å². The number of aromatic nitrogens is 2. The van der Waals surface area contributed by atoms with Crippen molar-refractivity contribution in [1.82, 2.24) is 14.7 Å². The smallest absolute Gasteiger partial charge is 0.322 e. The van der Waals surface area contributed by atoms with Crippen molar-refractivity contribution >= 4 is 39.4 Å². The fourth-order valence-corrected chi connectivity index (χ4v) is 3.98. The molecule has 0 bridgehead atoms. The van der Waals surface area contributed by atoms with Crippen LogP contribution in [0.3, 0.4) is 0 Å². The highest BCUT2D eigenvalue weighted by Gasteiger charge is 2.20. The number of ether oxygens (including phenoxy) is 1. The van der Waals surface area contributed by atoms with E-state index < -0.39 is 11.9 Å². The zero-order valence-corrected chi connectivity index (χ0v) is 21.6. The Morgan fingerprint density at radius 2 is 1.76 bits per heavy atom. The maximum absolute atomic E-state index is 13.5. The lowest BCUT2D eigenvalue weighted by molar-refractivity contribution is -0.116. The molecule has 0 fully saturated rings. The number of amides is 3. The largest absolute Gasteiger partial charge is 0.383 e. The van der Waals surface area contributed by atoms with Gasteiger partial charge >= 0.3 is 6.03 Å². The molecule has 3 aromatic carbocycles. The van der Waals surface area contributed by atoms with E-state index in [1.54, 1.807) is 36.4 Å². The average Bonchev–Trinajstić information content (AvgIpc) is 3.31. The molecule has 1 heterocycles. The Balaban J connectivity index is 1.55. The second kappa shape index (κ2) is 12.3. The molecule has 1 aromatic heterocycles. The normalized spacial score (nSPS) is 10.7. The number of rotatable bonds is 9. The highest BCUT2D eigenvalue weighted by molar-refractivity contribution is 9.10. The van der Waals surface area contributed by atoms with Crippen LogP contribution in [0.4, 0.5) is 20.7 Å². The van der Waals surface area contributed by atoms with Crippen LogP contribution >= 0.6 is 15.9 Å². The number of methoxy groups -OCH3 is 1. The van der Waals surface area contributed by atoms with Gasteiger partial charge in [0.05, 0.1) is 18.0 Å². The summed E-state index contributed by atoms with van der Waals surface area (Å²) in [6.45, 7) is 0.236. The SMILES string of the molecule is COCCN(CC(=O)Nc1cc(-c2ccccc2)nn1-c1ccc(F)cc1)C(=O)Nc1cccc(Br)c1. The van der Waals surface area contributed by atoms with E-state index in [9.17, 15) is 14.0 Å². The number of anilines is 2. The molecule has 4 rings (SSSR count). The Morgan fingerprint density at radius 3 is 2.46 bits per heavy atom. The molecule has 190 valence electrons. The highest BCUT2D eigenvalue weighted by Crippen LogP contribution is 2.25. The summed E-state index contributed by atoms with van der Waals surface area (Å²) in [7, 11) is 1.52. The van der Waals surface area contributed by atoms with Crippen molar-refractivity contribution in [3.05, 3.63) is 95.2 Å². The second-order valence-corrected chi connectivity index (χ2v) is 8.99. The Kier molecular flexibility index (Phi) is 8.65. The summed E-state index contributed by atoms with van der Waals surface area (Å²) < 4.78 is 21.0. The summed E-state index contributed by atoms with van der Waals surface area (Å²) in [5, 5.41) is 10.3. The third-order valence-electron chi connectivity index (χ3n) is 5.38. The molecule has 0 spiro atoms. The van der Waals surface area contributed by atoms with Crippen LogP contribution in [-0.2, 0) is 9.53 Å². The van der Waals surface area contributed by atoms with Crippen molar-refractivity contribution in [2.75, 3.05) is 37.4 Å². The number of benzene rings is 3. The van der Waals surface area contributed by atoms with Crippen LogP contribution < -0.4 is 10.6 Å². The maximum atomic E-state index is 13.5. The predicted molar refractivity (Wildman–Crippen MR) is 144 cm³/mol. The average molecular weight is 566 g/mol. The molecule has 0 saturated carbocycles. The van der Waals surface area contributed by atoms with Gasteiger partial charge < -0.3 is 20.3 Å². The van der Waals surface area contributed by atoms with Gasteiger partial charge in [-0.3, -0.25) is 4.79 Å². The van der Waals surface area contributed by atoms with Gasteiger partial charge in [0.1, 0.15) is 18.2 Å². The van der Waals surface area contributed by atoms with Crippen molar-refractivity contribution in [1.29, 1.82) is 0 Å². The van der Waals surface area contributed by atoms with E-state index in [1.807, 2.05) is 36.4 Å². The molecule has 0 unspecified atom stereocenters. The number of nitrogens with zero attached hydrogens (tertiary/aromatic N) is 3. The van der Waals surface area contributed by atoms with Crippen LogP contribution in [0.5, 0.6) is 0 Å². The zero-order valence-electron chi connectivity index (χ0n) is 20.0. The number of carbonyl (C=O) groups is 2. The first-order chi connectivity index (χ1) is 17.9. The highest BCUT2D eigenvalue weighted by atomic mass is 79.9. The summed E-state index contributed by atoms with van der Waals surface area (Å²) in [6.07, 6.45) is 0. The van der Waals surface area contributed by atoms with Crippen LogP contribution in [0.1, 0.15) is 0 Å². The molecule has 37 heavy (non-hydrogen) atoms. The van der Waals surface area contributed by atoms with Gasteiger partial charge in [0.15, 0.2) is 0 Å². The Morgan fingerprint density at radius 1 is 1.00 bits per heavy atom. The van der Waals surface area contributed by atoms with Gasteiger partial charge in [-0.1, -0.05) is 52.3 Å². The van der Waals surface area contributed by atoms with E-state index in [-0.39, 0.29) is 25.5 Å². The summed E-state index contributed by atoms with van der Waals surface area (Å²) in [6, 6.07) is 23.7. The van der Waals surface area contributed by atoms with Crippen molar-refractivity contribution in [2.45, 2.75) is 0 Å². The number of hydrogen-bond acceptors (Lipinski definition) is 4. The summed E-state index contributed by atoms with van der Waals surface area (Å²) in [5.41, 5.74) is 2.64. The molecular weight excluding hydrogens is 541 g/mol. The minimum atomic E-state index is -0.442. The number of nitrogens with one attached hydrogen (secondary N) is 2. The molecule has 3 amide bonds. The predicted octanol–water partition coefficient (Wildman–Crippen LogP) is 5.56. The molecular formula is C27H25BrFN5O3. The fraction of sp³-hybridized carbons (Fsp3) is 0.148. The summed E-state index contributed by atoms with van der Waals surface area (Å²) >= 11 is 3.38. The van der Waals surface area contributed by atoms with E-state index in [4.69, 9.17) is 4.74 Å². The lowest BCUT2D eigenvalue weighted by Gasteiger charge is -2.22. The van der Waals surface area contributed by atoms with Crippen LogP contribution in [0, 0.1) is 5.82 Å². The quantitative estimate of drug-likeness (QED) is 0.278. The van der Waals surface area contributed by atoms with Crippen LogP contribution in [0.25, 0.3) is 16.9 Å². The van der Waals surface area contributed by atoms with Gasteiger partial charge in [-0.05, 0) is 42.5 Å². The maximum Gasteiger partial charge on any atom is 0.322 e. The van der Waals surface area contributed by atoms with E-state index in [0.717, 1.165) is 10.0 Å². The topological polar surface area (TPSA) is 88.5 Å². The number of carbonyl (C=O) groups excluding carboxylic acids is 2. The molecule has 0 radical (unpaired) electrons. The van der Waals surface area contributed by atoms with Gasteiger partial charge in [0.2, 0.25) is 5.91 Å². The van der Waals surface area contributed by atoms with Crippen LogP contribution in [-0.4, -0.2) is 53.4 Å². The van der Waals surface area contributed by atoms with Crippen LogP contribution in [0.2, 0.25) is 0 Å². The van der Waals surface area contributed by atoms with Crippen LogP contribution in [0.15, 0.2) is 89.4 Å². The molecule has 0 saturated heterocycles. The first kappa shape index (κ1) is 26.1. The lowest BCUT2D eigenvalue weighted by atomic mass is 10.1. The van der Waals surface area contributed by atoms with Crippen molar-refractivity contribution in [3.63, 3.8) is 0 Å². The zero-order chi connectivity index (χ0) is 26.2. The summed E-state index contributed by atoms with van der Waals surface area (Å²) in [5.74, 6) is -0.423. The minimum absolute atomic E-state index is 0.205.